The predicted octanol–water partition coefficient (Wildman–Crippen LogP) is 2.36. The molecule has 0 aromatic heterocycles. The summed E-state index contributed by atoms with van der Waals surface area (Å²) in [5.74, 6) is 0.837. The lowest BCUT2D eigenvalue weighted by Crippen LogP contribution is -2.49. The van der Waals surface area contributed by atoms with Crippen molar-refractivity contribution in [1.82, 2.24) is 14.5 Å². The second-order valence-electron chi connectivity index (χ2n) is 8.55. The van der Waals surface area contributed by atoms with Crippen molar-refractivity contribution in [3.63, 3.8) is 0 Å². The highest BCUT2D eigenvalue weighted by atomic mass is 32.2. The number of guanidine groups is 1. The number of likely N-dealkylation sites (N-methyl/N-ethyl adjacent to an activating group) is 1. The zero-order valence-corrected chi connectivity index (χ0v) is 19.9. The minimum Gasteiger partial charge on any atom is -0.377 e. The van der Waals surface area contributed by atoms with Crippen molar-refractivity contribution in [3.05, 3.63) is 60.2 Å². The van der Waals surface area contributed by atoms with Crippen LogP contribution in [0.1, 0.15) is 18.4 Å². The van der Waals surface area contributed by atoms with E-state index < -0.39 is 10.0 Å². The number of hydrogen-bond acceptors (Lipinski definition) is 5. The fraction of sp³-hybridized carbons (Fsp3) is 0.458. The van der Waals surface area contributed by atoms with E-state index in [4.69, 9.17) is 9.73 Å². The molecule has 4 rings (SSSR count). The largest absolute Gasteiger partial charge is 0.377 e. The molecule has 8 nitrogen and oxygen atoms in total. The Morgan fingerprint density at radius 1 is 1.06 bits per heavy atom. The standard InChI is InChI=1S/C24H33N5O3S/c1-28-13-15-29(16-14-28)24(27-21-6-3-2-4-7-21)25-18-20-9-11-23(12-10-20)33(30,31)26-19-22-8-5-17-32-22/h2-4,6-7,9-12,22,26H,5,8,13-19H2,1H3,(H,25,27). The van der Waals surface area contributed by atoms with E-state index in [2.05, 4.69) is 26.9 Å². The molecule has 2 heterocycles. The first-order valence-electron chi connectivity index (χ1n) is 11.5. The van der Waals surface area contributed by atoms with Gasteiger partial charge in [-0.3, -0.25) is 0 Å². The third-order valence-corrected chi connectivity index (χ3v) is 7.44. The van der Waals surface area contributed by atoms with Crippen molar-refractivity contribution in [2.24, 2.45) is 4.99 Å². The fourth-order valence-corrected chi connectivity index (χ4v) is 4.99. The van der Waals surface area contributed by atoms with Crippen LogP contribution in [0, 0.1) is 0 Å². The lowest BCUT2D eigenvalue weighted by atomic mass is 10.2. The van der Waals surface area contributed by atoms with Gasteiger partial charge in [-0.15, -0.1) is 0 Å². The minimum atomic E-state index is -3.55. The molecular weight excluding hydrogens is 438 g/mol. The molecule has 9 heteroatoms. The molecule has 0 bridgehead atoms. The van der Waals surface area contributed by atoms with Crippen LogP contribution in [0.15, 0.2) is 64.5 Å². The maximum absolute atomic E-state index is 12.6. The number of ether oxygens (including phenoxy) is 1. The fourth-order valence-electron chi connectivity index (χ4n) is 3.92. The maximum atomic E-state index is 12.6. The number of rotatable bonds is 7. The molecule has 2 fully saturated rings. The van der Waals surface area contributed by atoms with E-state index >= 15 is 0 Å². The third kappa shape index (κ3) is 6.77. The first-order valence-corrected chi connectivity index (χ1v) is 13.0. The van der Waals surface area contributed by atoms with Gasteiger partial charge < -0.3 is 19.9 Å². The SMILES string of the molecule is CN1CCN(C(=NCc2ccc(S(=O)(=O)NCC3CCCO3)cc2)Nc2ccccc2)CC1. The monoisotopic (exact) mass is 471 g/mol. The van der Waals surface area contributed by atoms with E-state index in [1.54, 1.807) is 12.1 Å². The van der Waals surface area contributed by atoms with Crippen LogP contribution in [0.3, 0.4) is 0 Å². The Balaban J connectivity index is 1.42. The molecular formula is C24H33N5O3S. The highest BCUT2D eigenvalue weighted by molar-refractivity contribution is 7.89. The molecule has 2 aromatic carbocycles. The van der Waals surface area contributed by atoms with Gasteiger partial charge in [0, 0.05) is 45.0 Å². The van der Waals surface area contributed by atoms with E-state index in [0.29, 0.717) is 19.7 Å². The molecule has 33 heavy (non-hydrogen) atoms. The lowest BCUT2D eigenvalue weighted by Gasteiger charge is -2.34. The number of anilines is 1. The summed E-state index contributed by atoms with van der Waals surface area (Å²) in [4.78, 5) is 9.68. The van der Waals surface area contributed by atoms with Gasteiger partial charge in [0.2, 0.25) is 10.0 Å². The number of piperazine rings is 1. The van der Waals surface area contributed by atoms with Gasteiger partial charge in [-0.25, -0.2) is 18.1 Å². The number of benzene rings is 2. The second kappa shape index (κ2) is 11.1. The topological polar surface area (TPSA) is 86.3 Å². The number of sulfonamides is 1. The van der Waals surface area contributed by atoms with Gasteiger partial charge in [0.1, 0.15) is 0 Å². The van der Waals surface area contributed by atoms with E-state index in [-0.39, 0.29) is 11.0 Å². The van der Waals surface area contributed by atoms with E-state index in [1.807, 2.05) is 42.5 Å². The number of para-hydroxylation sites is 1. The highest BCUT2D eigenvalue weighted by Crippen LogP contribution is 2.15. The molecule has 2 saturated heterocycles. The van der Waals surface area contributed by atoms with Crippen molar-refractivity contribution in [1.29, 1.82) is 0 Å². The average Bonchev–Trinajstić information content (AvgIpc) is 3.36. The summed E-state index contributed by atoms with van der Waals surface area (Å²) in [7, 11) is -1.42. The number of nitrogens with one attached hydrogen (secondary N) is 2. The molecule has 0 aliphatic carbocycles. The smallest absolute Gasteiger partial charge is 0.240 e. The summed E-state index contributed by atoms with van der Waals surface area (Å²) in [5, 5.41) is 3.45. The zero-order chi connectivity index (χ0) is 23.1. The summed E-state index contributed by atoms with van der Waals surface area (Å²) in [6.07, 6.45) is 1.85. The minimum absolute atomic E-state index is 0.0292. The molecule has 2 aliphatic rings. The van der Waals surface area contributed by atoms with E-state index in [1.165, 1.54) is 0 Å². The van der Waals surface area contributed by atoms with Crippen molar-refractivity contribution < 1.29 is 13.2 Å². The average molecular weight is 472 g/mol. The molecule has 0 radical (unpaired) electrons. The van der Waals surface area contributed by atoms with Crippen LogP contribution in [0.2, 0.25) is 0 Å². The number of nitrogens with zero attached hydrogens (tertiary/aromatic N) is 3. The van der Waals surface area contributed by atoms with Crippen LogP contribution in [0.4, 0.5) is 5.69 Å². The van der Waals surface area contributed by atoms with Crippen LogP contribution in [-0.2, 0) is 21.3 Å². The summed E-state index contributed by atoms with van der Waals surface area (Å²) in [6.45, 7) is 5.27. The van der Waals surface area contributed by atoms with Gasteiger partial charge in [0.25, 0.3) is 0 Å². The normalized spacial score (nSPS) is 20.2. The molecule has 1 unspecified atom stereocenters. The third-order valence-electron chi connectivity index (χ3n) is 6.00. The predicted molar refractivity (Wildman–Crippen MR) is 131 cm³/mol. The van der Waals surface area contributed by atoms with Crippen LogP contribution in [-0.4, -0.2) is 76.7 Å². The van der Waals surface area contributed by atoms with Crippen LogP contribution >= 0.6 is 0 Å². The Hall–Kier alpha value is -2.46. The molecule has 178 valence electrons. The summed E-state index contributed by atoms with van der Waals surface area (Å²) in [6, 6.07) is 17.0. The Labute approximate surface area is 196 Å². The van der Waals surface area contributed by atoms with Gasteiger partial charge in [0.15, 0.2) is 5.96 Å². The van der Waals surface area contributed by atoms with Crippen molar-refractivity contribution >= 4 is 21.7 Å². The number of hydrogen-bond donors (Lipinski definition) is 2. The van der Waals surface area contributed by atoms with Crippen LogP contribution in [0.5, 0.6) is 0 Å². The molecule has 0 spiro atoms. The summed E-state index contributed by atoms with van der Waals surface area (Å²) < 4.78 is 33.3. The zero-order valence-electron chi connectivity index (χ0n) is 19.1. The van der Waals surface area contributed by atoms with Crippen LogP contribution in [0.25, 0.3) is 0 Å². The second-order valence-corrected chi connectivity index (χ2v) is 10.3. The summed E-state index contributed by atoms with van der Waals surface area (Å²) >= 11 is 0. The Bertz CT molecular complexity index is 1010. The Kier molecular flexibility index (Phi) is 7.97. The van der Waals surface area contributed by atoms with Crippen molar-refractivity contribution in [2.45, 2.75) is 30.4 Å². The molecule has 1 atom stereocenters. The van der Waals surface area contributed by atoms with Crippen molar-refractivity contribution in [3.8, 4) is 0 Å². The molecule has 2 aromatic rings. The van der Waals surface area contributed by atoms with Crippen molar-refractivity contribution in [2.75, 3.05) is 51.7 Å². The van der Waals surface area contributed by atoms with Gasteiger partial charge in [-0.2, -0.15) is 0 Å². The number of aliphatic imine (C=N–C) groups is 1. The van der Waals surface area contributed by atoms with Crippen LogP contribution < -0.4 is 10.0 Å². The highest BCUT2D eigenvalue weighted by Gasteiger charge is 2.20. The van der Waals surface area contributed by atoms with Gasteiger partial charge in [0.05, 0.1) is 17.5 Å². The molecule has 2 aliphatic heterocycles. The first kappa shape index (κ1) is 23.7. The molecule has 0 amide bonds. The molecule has 2 N–H and O–H groups in total. The first-order chi connectivity index (χ1) is 16.0. The Morgan fingerprint density at radius 3 is 2.45 bits per heavy atom. The van der Waals surface area contributed by atoms with Gasteiger partial charge in [-0.1, -0.05) is 30.3 Å². The van der Waals surface area contributed by atoms with E-state index in [0.717, 1.165) is 56.2 Å². The summed E-state index contributed by atoms with van der Waals surface area (Å²) in [5.41, 5.74) is 1.95. The molecule has 0 saturated carbocycles. The van der Waals surface area contributed by atoms with Gasteiger partial charge >= 0.3 is 0 Å². The maximum Gasteiger partial charge on any atom is 0.240 e. The van der Waals surface area contributed by atoms with E-state index in [9.17, 15) is 8.42 Å². The van der Waals surface area contributed by atoms with Gasteiger partial charge in [-0.05, 0) is 49.7 Å². The lowest BCUT2D eigenvalue weighted by molar-refractivity contribution is 0.114. The Morgan fingerprint density at radius 2 is 1.79 bits per heavy atom. The quantitative estimate of drug-likeness (QED) is 0.476.